The third-order valence-electron chi connectivity index (χ3n) is 5.43. The number of carbonyl (C=O) groups excluding carboxylic acids is 1. The van der Waals surface area contributed by atoms with Crippen LogP contribution in [0.2, 0.25) is 0 Å². The Kier molecular flexibility index (Phi) is 5.20. The van der Waals surface area contributed by atoms with Gasteiger partial charge in [0.25, 0.3) is 0 Å². The second-order valence-electron chi connectivity index (χ2n) is 7.47. The molecule has 7 heteroatoms. The van der Waals surface area contributed by atoms with Crippen molar-refractivity contribution in [3.05, 3.63) is 76.6 Å². The van der Waals surface area contributed by atoms with Crippen LogP contribution >= 0.6 is 0 Å². The lowest BCUT2D eigenvalue weighted by Crippen LogP contribution is -2.27. The van der Waals surface area contributed by atoms with Gasteiger partial charge in [0.1, 0.15) is 11.6 Å². The monoisotopic (exact) mass is 408 g/mol. The molecule has 154 valence electrons. The van der Waals surface area contributed by atoms with Gasteiger partial charge >= 0.3 is 0 Å². The van der Waals surface area contributed by atoms with Gasteiger partial charge in [-0.3, -0.25) is 4.79 Å². The minimum atomic E-state index is -0.671. The number of benzene rings is 2. The highest BCUT2D eigenvalue weighted by atomic mass is 19.1. The number of nitrogens with one attached hydrogen (secondary N) is 1. The van der Waals surface area contributed by atoms with Crippen LogP contribution in [0.5, 0.6) is 0 Å². The van der Waals surface area contributed by atoms with E-state index in [1.165, 1.54) is 12.1 Å². The van der Waals surface area contributed by atoms with Crippen LogP contribution in [0.25, 0.3) is 16.6 Å². The van der Waals surface area contributed by atoms with Gasteiger partial charge in [-0.2, -0.15) is 5.10 Å². The number of aryl methyl sites for hydroxylation is 2. The van der Waals surface area contributed by atoms with E-state index in [9.17, 15) is 13.6 Å². The summed E-state index contributed by atoms with van der Waals surface area (Å²) in [5.41, 5.74) is 4.69. The van der Waals surface area contributed by atoms with Crippen molar-refractivity contribution in [2.24, 2.45) is 0 Å². The molecule has 0 bridgehead atoms. The summed E-state index contributed by atoms with van der Waals surface area (Å²) < 4.78 is 28.9. The Morgan fingerprint density at radius 2 is 1.93 bits per heavy atom. The molecule has 1 unspecified atom stereocenters. The van der Waals surface area contributed by atoms with E-state index in [-0.39, 0.29) is 17.9 Å². The van der Waals surface area contributed by atoms with E-state index < -0.39 is 17.7 Å². The molecule has 1 amide bonds. The maximum absolute atomic E-state index is 13.9. The maximum Gasteiger partial charge on any atom is 0.220 e. The van der Waals surface area contributed by atoms with E-state index in [2.05, 4.69) is 10.4 Å². The number of rotatable bonds is 5. The summed E-state index contributed by atoms with van der Waals surface area (Å²) in [7, 11) is 0. The van der Waals surface area contributed by atoms with Crippen molar-refractivity contribution in [3.63, 3.8) is 0 Å². The van der Waals surface area contributed by atoms with Crippen LogP contribution in [0.4, 0.5) is 8.78 Å². The summed E-state index contributed by atoms with van der Waals surface area (Å²) in [4.78, 5) is 17.2. The predicted octanol–water partition coefficient (Wildman–Crippen LogP) is 4.59. The first kappa shape index (κ1) is 19.9. The molecule has 2 aromatic carbocycles. The average Bonchev–Trinajstić information content (AvgIpc) is 3.06. The van der Waals surface area contributed by atoms with Gasteiger partial charge in [0.15, 0.2) is 5.65 Å². The molecule has 5 nitrogen and oxygen atoms in total. The number of hydrogen-bond acceptors (Lipinski definition) is 3. The highest BCUT2D eigenvalue weighted by molar-refractivity contribution is 5.92. The molecule has 1 N–H and O–H groups in total. The van der Waals surface area contributed by atoms with Crippen LogP contribution < -0.4 is 5.32 Å². The van der Waals surface area contributed by atoms with Crippen LogP contribution in [-0.2, 0) is 11.2 Å². The Bertz CT molecular complexity index is 1270. The zero-order valence-corrected chi connectivity index (χ0v) is 17.0. The minimum Gasteiger partial charge on any atom is -0.349 e. The summed E-state index contributed by atoms with van der Waals surface area (Å²) in [6.07, 6.45) is 0.712. The number of halogens is 2. The molecule has 2 heterocycles. The molecule has 0 fully saturated rings. The summed E-state index contributed by atoms with van der Waals surface area (Å²) >= 11 is 0. The first-order valence-corrected chi connectivity index (χ1v) is 9.83. The lowest BCUT2D eigenvalue weighted by Gasteiger charge is -2.16. The van der Waals surface area contributed by atoms with Gasteiger partial charge in [0.05, 0.1) is 11.6 Å². The normalized spacial score (nSPS) is 12.4. The largest absolute Gasteiger partial charge is 0.349 e. The fourth-order valence-corrected chi connectivity index (χ4v) is 3.82. The molecule has 0 radical (unpaired) electrons. The summed E-state index contributed by atoms with van der Waals surface area (Å²) in [6, 6.07) is 10.6. The first-order valence-electron chi connectivity index (χ1n) is 9.83. The quantitative estimate of drug-likeness (QED) is 0.526. The number of nitrogens with zero attached hydrogens (tertiary/aromatic N) is 3. The molecule has 0 saturated carbocycles. The number of fused-ring (bicyclic) bond motifs is 3. The third-order valence-corrected chi connectivity index (χ3v) is 5.43. The molecule has 2 aromatic heterocycles. The Hall–Kier alpha value is -3.35. The Balaban J connectivity index is 1.51. The number of aromatic nitrogens is 3. The van der Waals surface area contributed by atoms with Crippen LogP contribution in [0.3, 0.4) is 0 Å². The average molecular weight is 408 g/mol. The topological polar surface area (TPSA) is 59.3 Å². The molecule has 4 aromatic rings. The zero-order chi connectivity index (χ0) is 21.4. The fraction of sp³-hybridized carbons (Fsp3) is 0.261. The fourth-order valence-electron chi connectivity index (χ4n) is 3.82. The molecular weight excluding hydrogens is 386 g/mol. The highest BCUT2D eigenvalue weighted by Gasteiger charge is 2.17. The molecule has 1 atom stereocenters. The molecular formula is C23H22F2N4O. The van der Waals surface area contributed by atoms with Crippen molar-refractivity contribution in [2.45, 2.75) is 39.7 Å². The zero-order valence-electron chi connectivity index (χ0n) is 17.0. The van der Waals surface area contributed by atoms with Gasteiger partial charge in [-0.1, -0.05) is 18.2 Å². The maximum atomic E-state index is 13.9. The second kappa shape index (κ2) is 7.82. The molecule has 30 heavy (non-hydrogen) atoms. The van der Waals surface area contributed by atoms with Gasteiger partial charge in [-0.05, 0) is 51.0 Å². The number of amides is 1. The molecule has 4 rings (SSSR count). The third kappa shape index (κ3) is 3.63. The van der Waals surface area contributed by atoms with Gasteiger partial charge in [0, 0.05) is 34.8 Å². The van der Waals surface area contributed by atoms with Gasteiger partial charge in [-0.15, -0.1) is 0 Å². The Labute approximate surface area is 172 Å². The van der Waals surface area contributed by atoms with Crippen LogP contribution in [0, 0.1) is 25.5 Å². The van der Waals surface area contributed by atoms with Crippen LogP contribution in [0.1, 0.15) is 41.9 Å². The van der Waals surface area contributed by atoms with E-state index >= 15 is 0 Å². The van der Waals surface area contributed by atoms with Crippen molar-refractivity contribution < 1.29 is 13.6 Å². The number of hydrogen-bond donors (Lipinski definition) is 1. The van der Waals surface area contributed by atoms with Crippen molar-refractivity contribution >= 4 is 22.5 Å². The van der Waals surface area contributed by atoms with E-state index in [0.29, 0.717) is 6.42 Å². The van der Waals surface area contributed by atoms with Crippen molar-refractivity contribution in [1.29, 1.82) is 0 Å². The van der Waals surface area contributed by atoms with Crippen molar-refractivity contribution in [2.75, 3.05) is 0 Å². The van der Waals surface area contributed by atoms with E-state index in [4.69, 9.17) is 4.98 Å². The number of carbonyl (C=O) groups is 1. The van der Waals surface area contributed by atoms with E-state index in [1.807, 2.05) is 42.6 Å². The summed E-state index contributed by atoms with van der Waals surface area (Å²) in [5.74, 6) is -1.53. The van der Waals surface area contributed by atoms with E-state index in [1.54, 1.807) is 6.92 Å². The molecule has 0 aliphatic heterocycles. The summed E-state index contributed by atoms with van der Waals surface area (Å²) in [5, 5.41) is 8.40. The van der Waals surface area contributed by atoms with Gasteiger partial charge in [-0.25, -0.2) is 18.3 Å². The lowest BCUT2D eigenvalue weighted by atomic mass is 10.0. The Morgan fingerprint density at radius 3 is 2.70 bits per heavy atom. The van der Waals surface area contributed by atoms with Crippen LogP contribution in [0.15, 0.2) is 42.5 Å². The first-order chi connectivity index (χ1) is 14.3. The Morgan fingerprint density at radius 1 is 1.17 bits per heavy atom. The smallest absolute Gasteiger partial charge is 0.220 e. The highest BCUT2D eigenvalue weighted by Crippen LogP contribution is 2.23. The van der Waals surface area contributed by atoms with Gasteiger partial charge in [0.2, 0.25) is 5.91 Å². The SMILES string of the molecule is Cc1nc2c3ccccc3nn2c(C)c1CCC(=O)NC(C)c1ccc(F)cc1F. The van der Waals surface area contributed by atoms with Crippen LogP contribution in [-0.4, -0.2) is 20.5 Å². The van der Waals surface area contributed by atoms with Crippen molar-refractivity contribution in [1.82, 2.24) is 19.9 Å². The van der Waals surface area contributed by atoms with Crippen molar-refractivity contribution in [3.8, 4) is 0 Å². The van der Waals surface area contributed by atoms with Gasteiger partial charge < -0.3 is 5.32 Å². The standard InChI is InChI=1S/C23H22F2N4O/c1-13-17(15(3)29-23(27-13)19-6-4-5-7-21(19)28-29)10-11-22(30)26-14(2)18-9-8-16(24)12-20(18)25/h4-9,12,14H,10-11H2,1-3H3,(H,26,30). The molecule has 0 aliphatic rings. The second-order valence-corrected chi connectivity index (χ2v) is 7.47. The minimum absolute atomic E-state index is 0.212. The molecule has 0 spiro atoms. The molecule has 0 aliphatic carbocycles. The molecule has 0 saturated heterocycles. The predicted molar refractivity (Wildman–Crippen MR) is 111 cm³/mol. The summed E-state index contributed by atoms with van der Waals surface area (Å²) in [6.45, 7) is 5.57. The lowest BCUT2D eigenvalue weighted by molar-refractivity contribution is -0.121. The van der Waals surface area contributed by atoms with E-state index in [0.717, 1.165) is 39.6 Å².